The first-order chi connectivity index (χ1) is 10.0. The summed E-state index contributed by atoms with van der Waals surface area (Å²) in [4.78, 5) is 23.0. The van der Waals surface area contributed by atoms with E-state index < -0.39 is 17.4 Å². The largest absolute Gasteiger partial charge is 1.00 e. The number of rotatable bonds is 14. The van der Waals surface area contributed by atoms with E-state index in [1.54, 1.807) is 0 Å². The van der Waals surface area contributed by atoms with Crippen molar-refractivity contribution < 1.29 is 40.1 Å². The predicted octanol–water partition coefficient (Wildman–Crippen LogP) is 1.98. The number of carboxylic acids is 2. The molecule has 0 saturated carbocycles. The van der Waals surface area contributed by atoms with Gasteiger partial charge < -0.3 is 11.6 Å². The Bertz CT molecular complexity index is 281. The third-order valence-corrected chi connectivity index (χ3v) is 4.23. The van der Waals surface area contributed by atoms with Gasteiger partial charge in [-0.25, -0.2) is 0 Å². The zero-order valence-electron chi connectivity index (χ0n) is 15.7. The van der Waals surface area contributed by atoms with Gasteiger partial charge in [-0.2, -0.15) is 0 Å². The maximum absolute atomic E-state index is 11.5. The van der Waals surface area contributed by atoms with Gasteiger partial charge in [0.15, 0.2) is 5.41 Å². The van der Waals surface area contributed by atoms with Crippen molar-refractivity contribution in [3.63, 3.8) is 0 Å². The molecule has 2 N–H and O–H groups in total. The minimum absolute atomic E-state index is 0. The van der Waals surface area contributed by atoms with Crippen LogP contribution in [0.3, 0.4) is 0 Å². The minimum Gasteiger partial charge on any atom is -1.00 e. The summed E-state index contributed by atoms with van der Waals surface area (Å²) >= 11 is 0. The molecule has 0 aromatic rings. The van der Waals surface area contributed by atoms with Crippen LogP contribution in [0.4, 0.5) is 0 Å². The predicted molar refractivity (Wildman–Crippen MR) is 85.6 cm³/mol. The number of hydrogen-bond acceptors (Lipinski definition) is 2. The summed E-state index contributed by atoms with van der Waals surface area (Å²) in [6, 6.07) is 0. The normalized spacial score (nSPS) is 11.0. The summed E-state index contributed by atoms with van der Waals surface area (Å²) in [5.41, 5.74) is -1.57. The molecule has 0 saturated heterocycles. The van der Waals surface area contributed by atoms with Gasteiger partial charge in [0, 0.05) is 0 Å². The molecule has 0 bridgehead atoms. The van der Waals surface area contributed by atoms with Crippen molar-refractivity contribution in [2.75, 3.05) is 0 Å². The van der Waals surface area contributed by atoms with E-state index in [-0.39, 0.29) is 33.1 Å². The summed E-state index contributed by atoms with van der Waals surface area (Å²) in [7, 11) is 0. The fourth-order valence-electron chi connectivity index (χ4n) is 2.70. The third-order valence-electron chi connectivity index (χ3n) is 4.23. The number of carboxylic acid groups (broad SMARTS) is 2. The van der Waals surface area contributed by atoms with Crippen LogP contribution in [0.15, 0.2) is 0 Å². The summed E-state index contributed by atoms with van der Waals surface area (Å²) in [5, 5.41) is 18.8. The smallest absolute Gasteiger partial charge is 1.00 e. The average molecular weight is 308 g/mol. The molecule has 0 aromatic heterocycles. The molecular weight excluding hydrogens is 275 g/mol. The molecule has 0 fully saturated rings. The molecule has 0 amide bonds. The Morgan fingerprint density at radius 1 is 0.727 bits per heavy atom. The van der Waals surface area contributed by atoms with Crippen LogP contribution in [0, 0.1) is 5.41 Å². The van der Waals surface area contributed by atoms with Crippen molar-refractivity contribution in [1.29, 1.82) is 0 Å². The van der Waals surface area contributed by atoms with E-state index in [0.29, 0.717) is 12.8 Å². The molecule has 5 heteroatoms. The monoisotopic (exact) mass is 308 g/mol. The SMILES string of the molecule is CCCCCCCC(CCCCCCC)(C(=O)O)C(=O)O.[H-].[Li+]. The fraction of sp³-hybridized carbons (Fsp3) is 0.882. The van der Waals surface area contributed by atoms with Crippen LogP contribution in [0.25, 0.3) is 0 Å². The summed E-state index contributed by atoms with van der Waals surface area (Å²) in [6.07, 6.45) is 10.4. The summed E-state index contributed by atoms with van der Waals surface area (Å²) in [5.74, 6) is -2.33. The molecule has 22 heavy (non-hydrogen) atoms. The molecule has 0 spiro atoms. The second-order valence-corrected chi connectivity index (χ2v) is 6.02. The third kappa shape index (κ3) is 8.85. The Kier molecular flexibility index (Phi) is 15.3. The van der Waals surface area contributed by atoms with E-state index >= 15 is 0 Å². The topological polar surface area (TPSA) is 74.6 Å². The maximum atomic E-state index is 11.5. The molecular formula is C17H33LiO4. The molecule has 126 valence electrons. The van der Waals surface area contributed by atoms with Gasteiger partial charge >= 0.3 is 30.8 Å². The molecule has 0 aliphatic carbocycles. The Morgan fingerprint density at radius 2 is 1.05 bits per heavy atom. The van der Waals surface area contributed by atoms with Gasteiger partial charge in [0.05, 0.1) is 0 Å². The van der Waals surface area contributed by atoms with E-state index in [2.05, 4.69) is 13.8 Å². The first kappa shape index (κ1) is 23.8. The van der Waals surface area contributed by atoms with Gasteiger partial charge in [0.2, 0.25) is 0 Å². The average Bonchev–Trinajstić information content (AvgIpc) is 2.44. The molecule has 0 aromatic carbocycles. The van der Waals surface area contributed by atoms with E-state index in [1.807, 2.05) is 0 Å². The standard InChI is InChI=1S/C17H32O4.Li.H/c1-3-5-7-9-11-13-17(15(18)19,16(20)21)14-12-10-8-6-4-2;;/h3-14H2,1-2H3,(H,18,19)(H,20,21);;/q;+1;-1. The first-order valence-corrected chi connectivity index (χ1v) is 8.48. The van der Waals surface area contributed by atoms with Crippen molar-refractivity contribution in [1.82, 2.24) is 0 Å². The number of hydrogen-bond donors (Lipinski definition) is 2. The summed E-state index contributed by atoms with van der Waals surface area (Å²) in [6.45, 7) is 4.24. The first-order valence-electron chi connectivity index (χ1n) is 8.48. The molecule has 0 rings (SSSR count). The summed E-state index contributed by atoms with van der Waals surface area (Å²) < 4.78 is 0. The van der Waals surface area contributed by atoms with Gasteiger partial charge in [0.25, 0.3) is 0 Å². The van der Waals surface area contributed by atoms with E-state index in [0.717, 1.165) is 51.4 Å². The molecule has 4 nitrogen and oxygen atoms in total. The number of aliphatic carboxylic acids is 2. The van der Waals surface area contributed by atoms with Crippen molar-refractivity contribution in [2.45, 2.75) is 90.9 Å². The maximum Gasteiger partial charge on any atom is 1.00 e. The van der Waals surface area contributed by atoms with Gasteiger partial charge in [-0.1, -0.05) is 78.1 Å². The molecule has 0 radical (unpaired) electrons. The molecule has 0 unspecified atom stereocenters. The van der Waals surface area contributed by atoms with E-state index in [4.69, 9.17) is 0 Å². The molecule has 0 atom stereocenters. The second-order valence-electron chi connectivity index (χ2n) is 6.02. The number of carbonyl (C=O) groups is 2. The van der Waals surface area contributed by atoms with Crippen molar-refractivity contribution in [2.24, 2.45) is 5.41 Å². The van der Waals surface area contributed by atoms with Crippen molar-refractivity contribution in [3.05, 3.63) is 0 Å². The van der Waals surface area contributed by atoms with Gasteiger partial charge in [-0.3, -0.25) is 9.59 Å². The Morgan fingerprint density at radius 3 is 1.32 bits per heavy atom. The van der Waals surface area contributed by atoms with Crippen LogP contribution in [-0.2, 0) is 9.59 Å². The minimum atomic E-state index is -1.57. The zero-order valence-corrected chi connectivity index (χ0v) is 14.7. The molecule has 0 heterocycles. The van der Waals surface area contributed by atoms with Crippen molar-refractivity contribution >= 4 is 11.9 Å². The second kappa shape index (κ2) is 14.2. The van der Waals surface area contributed by atoms with Gasteiger partial charge in [-0.15, -0.1) is 0 Å². The number of unbranched alkanes of at least 4 members (excludes halogenated alkanes) is 8. The Balaban J connectivity index is -0.00000200. The van der Waals surface area contributed by atoms with E-state index in [1.165, 1.54) is 0 Å². The quantitative estimate of drug-likeness (QED) is 0.292. The van der Waals surface area contributed by atoms with Crippen LogP contribution in [0.5, 0.6) is 0 Å². The zero-order chi connectivity index (χ0) is 16.1. The Labute approximate surface area is 148 Å². The van der Waals surface area contributed by atoms with Crippen LogP contribution in [0.1, 0.15) is 92.3 Å². The van der Waals surface area contributed by atoms with E-state index in [9.17, 15) is 19.8 Å². The molecule has 0 aliphatic heterocycles. The van der Waals surface area contributed by atoms with Gasteiger partial charge in [-0.05, 0) is 12.8 Å². The van der Waals surface area contributed by atoms with Crippen LogP contribution in [-0.4, -0.2) is 22.2 Å². The van der Waals surface area contributed by atoms with Crippen molar-refractivity contribution in [3.8, 4) is 0 Å². The molecule has 0 aliphatic rings. The Hall–Kier alpha value is -0.463. The fourth-order valence-corrected chi connectivity index (χ4v) is 2.70. The van der Waals surface area contributed by atoms with Crippen LogP contribution in [0.2, 0.25) is 0 Å². The van der Waals surface area contributed by atoms with Crippen LogP contribution >= 0.6 is 0 Å². The van der Waals surface area contributed by atoms with Gasteiger partial charge in [0.1, 0.15) is 0 Å². The van der Waals surface area contributed by atoms with Crippen LogP contribution < -0.4 is 18.9 Å².